The third kappa shape index (κ3) is 2.59. The zero-order chi connectivity index (χ0) is 12.5. The van der Waals surface area contributed by atoms with Crippen LogP contribution in [-0.4, -0.2) is 18.4 Å². The Kier molecular flexibility index (Phi) is 3.69. The lowest BCUT2D eigenvalue weighted by Gasteiger charge is -2.18. The topological polar surface area (TPSA) is 55.5 Å². The monoisotopic (exact) mass is 299 g/mol. The van der Waals surface area contributed by atoms with Crippen LogP contribution in [0.15, 0.2) is 16.6 Å². The summed E-state index contributed by atoms with van der Waals surface area (Å²) < 4.78 is 42.2. The Morgan fingerprint density at radius 2 is 2.00 bits per heavy atom. The summed E-state index contributed by atoms with van der Waals surface area (Å²) in [6.45, 7) is 0. The molecule has 0 fully saturated rings. The summed E-state index contributed by atoms with van der Waals surface area (Å²) in [6, 6.07) is 0.205. The molecule has 0 radical (unpaired) electrons. The van der Waals surface area contributed by atoms with E-state index >= 15 is 0 Å². The number of methoxy groups -OCH3 is 1. The number of hydrogen-bond donors (Lipinski definition) is 2. The molecule has 1 aromatic carbocycles. The van der Waals surface area contributed by atoms with Gasteiger partial charge in [0.1, 0.15) is 6.04 Å². The van der Waals surface area contributed by atoms with Gasteiger partial charge in [0.15, 0.2) is 11.5 Å². The number of rotatable bonds is 2. The molecule has 0 heterocycles. The van der Waals surface area contributed by atoms with Crippen molar-refractivity contribution >= 4 is 15.9 Å². The van der Waals surface area contributed by atoms with E-state index in [2.05, 4.69) is 15.9 Å². The van der Waals surface area contributed by atoms with Gasteiger partial charge >= 0.3 is 6.18 Å². The maximum atomic E-state index is 12.4. The molecular weight excluding hydrogens is 291 g/mol. The largest absolute Gasteiger partial charge is 0.504 e. The highest BCUT2D eigenvalue weighted by Gasteiger charge is 2.40. The quantitative estimate of drug-likeness (QED) is 0.883. The number of nitrogens with two attached hydrogens (primary N) is 1. The van der Waals surface area contributed by atoms with Crippen LogP contribution in [0.3, 0.4) is 0 Å². The molecule has 0 aromatic heterocycles. The van der Waals surface area contributed by atoms with Crippen LogP contribution in [-0.2, 0) is 0 Å². The molecule has 0 amide bonds. The highest BCUT2D eigenvalue weighted by molar-refractivity contribution is 9.10. The number of ether oxygens (including phenoxy) is 1. The first-order valence-corrected chi connectivity index (χ1v) is 4.95. The second-order valence-corrected chi connectivity index (χ2v) is 3.98. The van der Waals surface area contributed by atoms with E-state index in [4.69, 9.17) is 10.5 Å². The summed E-state index contributed by atoms with van der Waals surface area (Å²) in [5.74, 6) is -0.667. The lowest BCUT2D eigenvalue weighted by atomic mass is 10.1. The third-order valence-corrected chi connectivity index (χ3v) is 2.43. The van der Waals surface area contributed by atoms with Crippen LogP contribution in [0.25, 0.3) is 0 Å². The Morgan fingerprint density at radius 3 is 2.44 bits per heavy atom. The summed E-state index contributed by atoms with van der Waals surface area (Å²) in [4.78, 5) is 0. The average molecular weight is 300 g/mol. The Morgan fingerprint density at radius 1 is 1.44 bits per heavy atom. The maximum Gasteiger partial charge on any atom is 0.407 e. The molecule has 1 atom stereocenters. The molecule has 0 unspecified atom stereocenters. The molecule has 0 spiro atoms. The molecule has 0 bridgehead atoms. The molecule has 16 heavy (non-hydrogen) atoms. The Bertz CT molecular complexity index is 395. The fraction of sp³-hybridized carbons (Fsp3) is 0.333. The van der Waals surface area contributed by atoms with E-state index < -0.39 is 23.5 Å². The second-order valence-electron chi connectivity index (χ2n) is 3.07. The summed E-state index contributed by atoms with van der Waals surface area (Å²) >= 11 is 3.01. The van der Waals surface area contributed by atoms with Gasteiger partial charge < -0.3 is 15.6 Å². The van der Waals surface area contributed by atoms with Crippen molar-refractivity contribution in [3.63, 3.8) is 0 Å². The van der Waals surface area contributed by atoms with Crippen molar-refractivity contribution in [1.82, 2.24) is 0 Å². The molecule has 90 valence electrons. The van der Waals surface area contributed by atoms with Crippen LogP contribution in [0.4, 0.5) is 13.2 Å². The highest BCUT2D eigenvalue weighted by atomic mass is 79.9. The van der Waals surface area contributed by atoms with Gasteiger partial charge in [-0.25, -0.2) is 0 Å². The number of alkyl halides is 3. The number of halogens is 4. The minimum atomic E-state index is -4.62. The van der Waals surface area contributed by atoms with Crippen molar-refractivity contribution in [3.8, 4) is 11.5 Å². The van der Waals surface area contributed by atoms with E-state index in [1.54, 1.807) is 0 Å². The molecule has 0 aliphatic rings. The molecule has 1 rings (SSSR count). The van der Waals surface area contributed by atoms with Gasteiger partial charge in [0.25, 0.3) is 0 Å². The van der Waals surface area contributed by atoms with Crippen molar-refractivity contribution in [2.24, 2.45) is 5.73 Å². The molecule has 0 saturated carbocycles. The first-order chi connectivity index (χ1) is 7.27. The van der Waals surface area contributed by atoms with Crippen LogP contribution in [0.5, 0.6) is 11.5 Å². The lowest BCUT2D eigenvalue weighted by Crippen LogP contribution is -2.28. The number of benzene rings is 1. The predicted octanol–water partition coefficient (Wildman–Crippen LogP) is 2.73. The molecule has 0 saturated heterocycles. The fourth-order valence-corrected chi connectivity index (χ4v) is 1.62. The number of phenolic OH excluding ortho intramolecular Hbond substituents is 1. The molecule has 7 heteroatoms. The molecule has 0 aliphatic carbocycles. The van der Waals surface area contributed by atoms with Crippen LogP contribution < -0.4 is 10.5 Å². The zero-order valence-electron chi connectivity index (χ0n) is 8.18. The van der Waals surface area contributed by atoms with Gasteiger partial charge in [0.05, 0.1) is 7.11 Å². The van der Waals surface area contributed by atoms with Crippen molar-refractivity contribution in [2.75, 3.05) is 7.11 Å². The van der Waals surface area contributed by atoms with Crippen LogP contribution in [0.2, 0.25) is 0 Å². The number of aromatic hydroxyl groups is 1. The van der Waals surface area contributed by atoms with E-state index in [1.165, 1.54) is 13.2 Å². The van der Waals surface area contributed by atoms with Gasteiger partial charge in [-0.05, 0) is 12.1 Å². The zero-order valence-corrected chi connectivity index (χ0v) is 9.76. The van der Waals surface area contributed by atoms with E-state index in [0.29, 0.717) is 4.47 Å². The van der Waals surface area contributed by atoms with E-state index in [-0.39, 0.29) is 5.75 Å². The van der Waals surface area contributed by atoms with Gasteiger partial charge in [-0.15, -0.1) is 0 Å². The van der Waals surface area contributed by atoms with E-state index in [1.807, 2.05) is 0 Å². The first kappa shape index (κ1) is 13.1. The van der Waals surface area contributed by atoms with Crippen molar-refractivity contribution in [3.05, 3.63) is 22.2 Å². The van der Waals surface area contributed by atoms with Gasteiger partial charge in [-0.2, -0.15) is 13.2 Å². The van der Waals surface area contributed by atoms with Gasteiger partial charge in [-0.1, -0.05) is 15.9 Å². The number of hydrogen-bond acceptors (Lipinski definition) is 3. The molecule has 0 aliphatic heterocycles. The summed E-state index contributed by atoms with van der Waals surface area (Å²) in [5.41, 5.74) is 4.57. The molecule has 3 nitrogen and oxygen atoms in total. The highest BCUT2D eigenvalue weighted by Crippen LogP contribution is 2.41. The predicted molar refractivity (Wildman–Crippen MR) is 55.3 cm³/mol. The van der Waals surface area contributed by atoms with E-state index in [0.717, 1.165) is 6.07 Å². The van der Waals surface area contributed by atoms with Crippen LogP contribution in [0.1, 0.15) is 11.6 Å². The van der Waals surface area contributed by atoms with Crippen molar-refractivity contribution in [2.45, 2.75) is 12.2 Å². The summed E-state index contributed by atoms with van der Waals surface area (Å²) in [6.07, 6.45) is -4.62. The maximum absolute atomic E-state index is 12.4. The minimum Gasteiger partial charge on any atom is -0.504 e. The molecule has 3 N–H and O–H groups in total. The Balaban J connectivity index is 3.28. The van der Waals surface area contributed by atoms with Gasteiger partial charge in [0, 0.05) is 10.0 Å². The average Bonchev–Trinajstić information content (AvgIpc) is 2.18. The van der Waals surface area contributed by atoms with Crippen molar-refractivity contribution in [1.29, 1.82) is 0 Å². The SMILES string of the molecule is COc1cc(Br)cc([C@H](N)C(F)(F)F)c1O. The fourth-order valence-electron chi connectivity index (χ4n) is 1.16. The van der Waals surface area contributed by atoms with Crippen molar-refractivity contribution < 1.29 is 23.0 Å². The van der Waals surface area contributed by atoms with Gasteiger partial charge in [-0.3, -0.25) is 0 Å². The van der Waals surface area contributed by atoms with Gasteiger partial charge in [0.2, 0.25) is 0 Å². The Hall–Kier alpha value is -0.950. The summed E-state index contributed by atoms with van der Waals surface area (Å²) in [7, 11) is 1.24. The minimum absolute atomic E-state index is 0.0657. The second kappa shape index (κ2) is 4.50. The normalized spacial score (nSPS) is 13.6. The third-order valence-electron chi connectivity index (χ3n) is 1.98. The van der Waals surface area contributed by atoms with E-state index in [9.17, 15) is 18.3 Å². The molecule has 1 aromatic rings. The lowest BCUT2D eigenvalue weighted by molar-refractivity contribution is -0.149. The first-order valence-electron chi connectivity index (χ1n) is 4.16. The Labute approximate surface area is 98.1 Å². The standard InChI is InChI=1S/C9H9BrF3NO2/c1-16-6-3-4(10)2-5(7(6)15)8(14)9(11,12)13/h2-3,8,15H,14H2,1H3/t8-/m0/s1. The number of phenols is 1. The smallest absolute Gasteiger partial charge is 0.407 e. The molecular formula is C9H9BrF3NO2. The van der Waals surface area contributed by atoms with Crippen LogP contribution >= 0.6 is 15.9 Å². The van der Waals surface area contributed by atoms with Crippen LogP contribution in [0, 0.1) is 0 Å². The summed E-state index contributed by atoms with van der Waals surface area (Å²) in [5, 5.41) is 9.52.